The minimum absolute atomic E-state index is 0.442. The Bertz CT molecular complexity index is 413. The third-order valence-corrected chi connectivity index (χ3v) is 2.62. The molecule has 0 saturated heterocycles. The minimum Gasteiger partial charge on any atom is -0.397 e. The second kappa shape index (κ2) is 5.07. The van der Waals surface area contributed by atoms with E-state index in [-0.39, 0.29) is 0 Å². The van der Waals surface area contributed by atoms with Crippen LogP contribution in [0.25, 0.3) is 5.70 Å². The van der Waals surface area contributed by atoms with E-state index >= 15 is 0 Å². The largest absolute Gasteiger partial charge is 0.397 e. The SMILES string of the molecule is C=C/C(NN)=C(/N)c1ccc(Cl)c(Cl)c1. The summed E-state index contributed by atoms with van der Waals surface area (Å²) in [6, 6.07) is 5.09. The van der Waals surface area contributed by atoms with Crippen molar-refractivity contribution in [3.63, 3.8) is 0 Å². The molecule has 0 saturated carbocycles. The maximum Gasteiger partial charge on any atom is 0.0716 e. The standard InChI is InChI=1S/C10H11Cl2N3/c1-2-9(15-14)10(13)6-3-4-7(11)8(12)5-6/h2-5,15H,1,13-14H2/b10-9-. The molecule has 0 aliphatic rings. The zero-order chi connectivity index (χ0) is 11.4. The van der Waals surface area contributed by atoms with Crippen molar-refractivity contribution in [2.75, 3.05) is 0 Å². The quantitative estimate of drug-likeness (QED) is 0.434. The molecule has 15 heavy (non-hydrogen) atoms. The number of nitrogens with two attached hydrogens (primary N) is 2. The van der Waals surface area contributed by atoms with E-state index in [9.17, 15) is 0 Å². The van der Waals surface area contributed by atoms with Crippen molar-refractivity contribution in [3.05, 3.63) is 52.2 Å². The van der Waals surface area contributed by atoms with Gasteiger partial charge in [0.15, 0.2) is 0 Å². The number of allylic oxidation sites excluding steroid dienone is 1. The molecule has 80 valence electrons. The first kappa shape index (κ1) is 11.9. The first-order valence-electron chi connectivity index (χ1n) is 4.14. The third-order valence-electron chi connectivity index (χ3n) is 1.88. The van der Waals surface area contributed by atoms with E-state index in [1.54, 1.807) is 18.2 Å². The van der Waals surface area contributed by atoms with Gasteiger partial charge in [-0.05, 0) is 18.2 Å². The minimum atomic E-state index is 0.442. The van der Waals surface area contributed by atoms with Gasteiger partial charge in [0.05, 0.1) is 21.4 Å². The van der Waals surface area contributed by atoms with E-state index in [1.807, 2.05) is 0 Å². The van der Waals surface area contributed by atoms with Gasteiger partial charge in [-0.2, -0.15) is 0 Å². The molecule has 0 aliphatic heterocycles. The van der Waals surface area contributed by atoms with Crippen LogP contribution in [0, 0.1) is 0 Å². The number of hydrogen-bond acceptors (Lipinski definition) is 3. The highest BCUT2D eigenvalue weighted by molar-refractivity contribution is 6.42. The van der Waals surface area contributed by atoms with Crippen LogP contribution in [0.1, 0.15) is 5.56 Å². The molecule has 0 spiro atoms. The van der Waals surface area contributed by atoms with Gasteiger partial charge in [0, 0.05) is 5.56 Å². The van der Waals surface area contributed by atoms with Crippen molar-refractivity contribution < 1.29 is 0 Å². The Morgan fingerprint density at radius 2 is 2.00 bits per heavy atom. The summed E-state index contributed by atoms with van der Waals surface area (Å²) in [5, 5.41) is 0.923. The van der Waals surface area contributed by atoms with E-state index in [0.717, 1.165) is 5.56 Å². The molecule has 0 fully saturated rings. The third kappa shape index (κ3) is 2.65. The summed E-state index contributed by atoms with van der Waals surface area (Å²) in [5.41, 5.74) is 10.0. The van der Waals surface area contributed by atoms with Crippen LogP contribution in [0.2, 0.25) is 10.0 Å². The lowest BCUT2D eigenvalue weighted by atomic mass is 10.1. The van der Waals surface area contributed by atoms with E-state index in [1.165, 1.54) is 6.08 Å². The number of halogens is 2. The number of nitrogens with one attached hydrogen (secondary N) is 1. The molecule has 1 aromatic rings. The molecule has 5 heteroatoms. The Morgan fingerprint density at radius 1 is 1.33 bits per heavy atom. The summed E-state index contributed by atoms with van der Waals surface area (Å²) < 4.78 is 0. The lowest BCUT2D eigenvalue weighted by Crippen LogP contribution is -2.23. The summed E-state index contributed by atoms with van der Waals surface area (Å²) in [6.45, 7) is 3.58. The monoisotopic (exact) mass is 243 g/mol. The molecule has 0 bridgehead atoms. The van der Waals surface area contributed by atoms with Crippen LogP contribution in [0.4, 0.5) is 0 Å². The Labute approximate surface area is 98.3 Å². The molecule has 3 nitrogen and oxygen atoms in total. The van der Waals surface area contributed by atoms with Crippen LogP contribution in [0.15, 0.2) is 36.6 Å². The Kier molecular flexibility index (Phi) is 4.03. The normalized spacial score (nSPS) is 11.9. The highest BCUT2D eigenvalue weighted by atomic mass is 35.5. The van der Waals surface area contributed by atoms with Gasteiger partial charge in [-0.15, -0.1) is 0 Å². The first-order valence-corrected chi connectivity index (χ1v) is 4.90. The molecule has 1 rings (SSSR count). The van der Waals surface area contributed by atoms with Gasteiger partial charge in [0.25, 0.3) is 0 Å². The lowest BCUT2D eigenvalue weighted by molar-refractivity contribution is 0.917. The summed E-state index contributed by atoms with van der Waals surface area (Å²) >= 11 is 11.6. The maximum absolute atomic E-state index is 5.86. The van der Waals surface area contributed by atoms with E-state index < -0.39 is 0 Å². The molecular weight excluding hydrogens is 233 g/mol. The highest BCUT2D eigenvalue weighted by Gasteiger charge is 2.04. The van der Waals surface area contributed by atoms with Crippen molar-refractivity contribution in [2.24, 2.45) is 11.6 Å². The summed E-state index contributed by atoms with van der Waals surface area (Å²) in [6.07, 6.45) is 1.53. The highest BCUT2D eigenvalue weighted by Crippen LogP contribution is 2.25. The fourth-order valence-corrected chi connectivity index (χ4v) is 1.36. The fraction of sp³-hybridized carbons (Fsp3) is 0. The number of benzene rings is 1. The van der Waals surface area contributed by atoms with Crippen LogP contribution in [-0.2, 0) is 0 Å². The van der Waals surface area contributed by atoms with Gasteiger partial charge in [0.2, 0.25) is 0 Å². The predicted octanol–water partition coefficient (Wildman–Crippen LogP) is 2.27. The van der Waals surface area contributed by atoms with Gasteiger partial charge >= 0.3 is 0 Å². The van der Waals surface area contributed by atoms with Crippen molar-refractivity contribution >= 4 is 28.9 Å². The summed E-state index contributed by atoms with van der Waals surface area (Å²) in [4.78, 5) is 0. The molecule has 0 heterocycles. The van der Waals surface area contributed by atoms with Gasteiger partial charge in [-0.3, -0.25) is 5.84 Å². The second-order valence-electron chi connectivity index (χ2n) is 2.80. The van der Waals surface area contributed by atoms with Crippen molar-refractivity contribution in [2.45, 2.75) is 0 Å². The van der Waals surface area contributed by atoms with Crippen LogP contribution in [0.3, 0.4) is 0 Å². The van der Waals surface area contributed by atoms with Crippen LogP contribution in [-0.4, -0.2) is 0 Å². The molecule has 0 unspecified atom stereocenters. The molecular formula is C10H11Cl2N3. The molecule has 5 N–H and O–H groups in total. The van der Waals surface area contributed by atoms with Crippen LogP contribution >= 0.6 is 23.2 Å². The Balaban J connectivity index is 3.22. The zero-order valence-corrected chi connectivity index (χ0v) is 9.44. The van der Waals surface area contributed by atoms with Crippen LogP contribution < -0.4 is 17.0 Å². The van der Waals surface area contributed by atoms with Crippen molar-refractivity contribution in [1.82, 2.24) is 5.43 Å². The summed E-state index contributed by atoms with van der Waals surface area (Å²) in [5.74, 6) is 5.27. The van der Waals surface area contributed by atoms with Gasteiger partial charge in [-0.25, -0.2) is 0 Å². The molecule has 0 aliphatic carbocycles. The molecule has 1 aromatic carbocycles. The molecule has 0 amide bonds. The van der Waals surface area contributed by atoms with Gasteiger partial charge in [0.1, 0.15) is 0 Å². The molecule has 0 radical (unpaired) electrons. The van der Waals surface area contributed by atoms with E-state index in [2.05, 4.69) is 12.0 Å². The zero-order valence-electron chi connectivity index (χ0n) is 7.93. The van der Waals surface area contributed by atoms with Gasteiger partial charge in [-0.1, -0.05) is 35.8 Å². The summed E-state index contributed by atoms with van der Waals surface area (Å²) in [7, 11) is 0. The Morgan fingerprint density at radius 3 is 2.47 bits per heavy atom. The first-order chi connectivity index (χ1) is 7.10. The number of hydrazine groups is 1. The smallest absolute Gasteiger partial charge is 0.0716 e. The second-order valence-corrected chi connectivity index (χ2v) is 3.62. The molecule has 0 aromatic heterocycles. The topological polar surface area (TPSA) is 64.1 Å². The Hall–Kier alpha value is -1.16. The fourth-order valence-electron chi connectivity index (χ4n) is 1.07. The number of rotatable bonds is 3. The lowest BCUT2D eigenvalue weighted by Gasteiger charge is -2.08. The van der Waals surface area contributed by atoms with Crippen LogP contribution in [0.5, 0.6) is 0 Å². The predicted molar refractivity (Wildman–Crippen MR) is 65.1 cm³/mol. The average molecular weight is 244 g/mol. The van der Waals surface area contributed by atoms with Gasteiger partial charge < -0.3 is 11.2 Å². The van der Waals surface area contributed by atoms with Crippen molar-refractivity contribution in [3.8, 4) is 0 Å². The average Bonchev–Trinajstić information content (AvgIpc) is 2.23. The number of hydrogen-bond donors (Lipinski definition) is 3. The molecule has 0 atom stereocenters. The van der Waals surface area contributed by atoms with E-state index in [4.69, 9.17) is 34.8 Å². The maximum atomic E-state index is 5.86. The van der Waals surface area contributed by atoms with E-state index in [0.29, 0.717) is 21.4 Å². The van der Waals surface area contributed by atoms with Crippen molar-refractivity contribution in [1.29, 1.82) is 0 Å².